The fraction of sp³-hybridized carbons (Fsp3) is 0.667. The molecule has 116 valence electrons. The van der Waals surface area contributed by atoms with Crippen LogP contribution in [0.2, 0.25) is 0 Å². The lowest BCUT2D eigenvalue weighted by Gasteiger charge is -2.34. The number of nitrogens with zero attached hydrogens (tertiary/aromatic N) is 1. The van der Waals surface area contributed by atoms with Crippen LogP contribution in [-0.4, -0.2) is 31.8 Å². The Morgan fingerprint density at radius 3 is 2.71 bits per heavy atom. The number of hydrogen-bond donors (Lipinski definition) is 1. The van der Waals surface area contributed by atoms with Crippen molar-refractivity contribution in [2.75, 3.05) is 29.9 Å². The molecule has 2 unspecified atom stereocenters. The average Bonchev–Trinajstić information content (AvgIpc) is 3.02. The highest BCUT2D eigenvalue weighted by Gasteiger charge is 2.25. The number of nitrogens with one attached hydrogen (secondary N) is 1. The Morgan fingerprint density at radius 2 is 1.95 bits per heavy atom. The summed E-state index contributed by atoms with van der Waals surface area (Å²) in [7, 11) is 0. The first-order chi connectivity index (χ1) is 10.2. The van der Waals surface area contributed by atoms with Gasteiger partial charge < -0.3 is 15.0 Å². The molecule has 3 rings (SSSR count). The Hall–Kier alpha value is -1.22. The first-order valence-corrected chi connectivity index (χ1v) is 8.46. The molecule has 0 aliphatic carbocycles. The summed E-state index contributed by atoms with van der Waals surface area (Å²) in [5.74, 6) is 0.600. The molecule has 3 nitrogen and oxygen atoms in total. The van der Waals surface area contributed by atoms with Crippen molar-refractivity contribution >= 4 is 11.4 Å². The van der Waals surface area contributed by atoms with Crippen LogP contribution in [0.25, 0.3) is 0 Å². The average molecular weight is 288 g/mol. The molecule has 2 atom stereocenters. The fourth-order valence-electron chi connectivity index (χ4n) is 3.47. The van der Waals surface area contributed by atoms with E-state index in [1.165, 1.54) is 37.3 Å². The van der Waals surface area contributed by atoms with Crippen LogP contribution >= 0.6 is 0 Å². The van der Waals surface area contributed by atoms with E-state index in [9.17, 15) is 0 Å². The van der Waals surface area contributed by atoms with Gasteiger partial charge in [-0.2, -0.15) is 0 Å². The van der Waals surface area contributed by atoms with Gasteiger partial charge >= 0.3 is 0 Å². The topological polar surface area (TPSA) is 24.5 Å². The molecule has 2 aliphatic heterocycles. The second-order valence-corrected chi connectivity index (χ2v) is 6.73. The van der Waals surface area contributed by atoms with E-state index in [4.69, 9.17) is 4.74 Å². The van der Waals surface area contributed by atoms with Crippen molar-refractivity contribution in [2.45, 2.75) is 51.7 Å². The van der Waals surface area contributed by atoms with Gasteiger partial charge in [-0.05, 0) is 43.7 Å². The van der Waals surface area contributed by atoms with Gasteiger partial charge in [-0.25, -0.2) is 0 Å². The molecular weight excluding hydrogens is 260 g/mol. The zero-order chi connectivity index (χ0) is 14.7. The molecule has 1 aromatic rings. The van der Waals surface area contributed by atoms with Gasteiger partial charge in [0.2, 0.25) is 0 Å². The molecule has 2 fully saturated rings. The minimum atomic E-state index is 0.398. The highest BCUT2D eigenvalue weighted by atomic mass is 16.5. The zero-order valence-corrected chi connectivity index (χ0v) is 13.3. The Balaban J connectivity index is 1.69. The predicted molar refractivity (Wildman–Crippen MR) is 89.1 cm³/mol. The van der Waals surface area contributed by atoms with Crippen molar-refractivity contribution in [3.63, 3.8) is 0 Å². The van der Waals surface area contributed by atoms with E-state index < -0.39 is 0 Å². The van der Waals surface area contributed by atoms with Crippen molar-refractivity contribution in [2.24, 2.45) is 5.92 Å². The van der Waals surface area contributed by atoms with Crippen LogP contribution < -0.4 is 10.2 Å². The minimum Gasteiger partial charge on any atom is -0.380 e. The second-order valence-electron chi connectivity index (χ2n) is 6.73. The van der Waals surface area contributed by atoms with Gasteiger partial charge in [0.15, 0.2) is 0 Å². The van der Waals surface area contributed by atoms with Crippen molar-refractivity contribution in [1.82, 2.24) is 0 Å². The molecular formula is C18H28N2O. The molecule has 1 aromatic carbocycles. The van der Waals surface area contributed by atoms with E-state index >= 15 is 0 Å². The molecule has 0 saturated carbocycles. The Morgan fingerprint density at radius 1 is 1.19 bits per heavy atom. The lowest BCUT2D eigenvalue weighted by molar-refractivity contribution is -0.0160. The predicted octanol–water partition coefficient (Wildman–Crippen LogP) is 3.90. The van der Waals surface area contributed by atoms with Gasteiger partial charge in [-0.15, -0.1) is 0 Å². The van der Waals surface area contributed by atoms with E-state index in [1.54, 1.807) is 0 Å². The normalized spacial score (nSPS) is 26.3. The largest absolute Gasteiger partial charge is 0.380 e. The number of rotatable bonds is 4. The van der Waals surface area contributed by atoms with Gasteiger partial charge in [0.25, 0.3) is 0 Å². The lowest BCUT2D eigenvalue weighted by atomic mass is 9.95. The molecule has 0 amide bonds. The first-order valence-electron chi connectivity index (χ1n) is 8.46. The van der Waals surface area contributed by atoms with Gasteiger partial charge in [0, 0.05) is 25.7 Å². The molecule has 2 saturated heterocycles. The van der Waals surface area contributed by atoms with Crippen LogP contribution in [0.5, 0.6) is 0 Å². The molecule has 21 heavy (non-hydrogen) atoms. The standard InChI is InChI=1S/C18H28N2O/c1-14(2)18-13-15(9-12-21-18)19-16-7-3-4-8-17(16)20-10-5-6-11-20/h3-4,7-8,14-15,18-19H,5-6,9-13H2,1-2H3. The van der Waals surface area contributed by atoms with Gasteiger partial charge in [-0.3, -0.25) is 0 Å². The van der Waals surface area contributed by atoms with Gasteiger partial charge in [-0.1, -0.05) is 26.0 Å². The molecule has 0 aromatic heterocycles. The Kier molecular flexibility index (Phi) is 4.69. The zero-order valence-electron chi connectivity index (χ0n) is 13.3. The molecule has 0 bridgehead atoms. The molecule has 2 aliphatic rings. The third-order valence-corrected chi connectivity index (χ3v) is 4.77. The maximum atomic E-state index is 5.89. The number of ether oxygens (including phenoxy) is 1. The molecule has 2 heterocycles. The number of para-hydroxylation sites is 2. The van der Waals surface area contributed by atoms with E-state index in [1.807, 2.05) is 0 Å². The molecule has 0 radical (unpaired) electrons. The smallest absolute Gasteiger partial charge is 0.0617 e. The van der Waals surface area contributed by atoms with E-state index in [-0.39, 0.29) is 0 Å². The third kappa shape index (κ3) is 3.52. The summed E-state index contributed by atoms with van der Waals surface area (Å²) >= 11 is 0. The SMILES string of the molecule is CC(C)C1CC(Nc2ccccc2N2CCCC2)CCO1. The summed E-state index contributed by atoms with van der Waals surface area (Å²) < 4.78 is 5.89. The van der Waals surface area contributed by atoms with Crippen molar-refractivity contribution < 1.29 is 4.74 Å². The van der Waals surface area contributed by atoms with Crippen molar-refractivity contribution in [3.05, 3.63) is 24.3 Å². The summed E-state index contributed by atoms with van der Waals surface area (Å²) in [6.07, 6.45) is 5.27. The summed E-state index contributed by atoms with van der Waals surface area (Å²) in [4.78, 5) is 2.52. The number of hydrogen-bond acceptors (Lipinski definition) is 3. The van der Waals surface area contributed by atoms with Crippen LogP contribution in [0.4, 0.5) is 11.4 Å². The highest BCUT2D eigenvalue weighted by molar-refractivity contribution is 5.70. The number of anilines is 2. The summed E-state index contributed by atoms with van der Waals surface area (Å²) in [5.41, 5.74) is 2.68. The summed E-state index contributed by atoms with van der Waals surface area (Å²) in [6.45, 7) is 7.78. The second kappa shape index (κ2) is 6.69. The summed E-state index contributed by atoms with van der Waals surface area (Å²) in [5, 5.41) is 3.79. The fourth-order valence-corrected chi connectivity index (χ4v) is 3.47. The highest BCUT2D eigenvalue weighted by Crippen LogP contribution is 2.31. The lowest BCUT2D eigenvalue weighted by Crippen LogP contribution is -2.37. The maximum Gasteiger partial charge on any atom is 0.0617 e. The van der Waals surface area contributed by atoms with Gasteiger partial charge in [0.05, 0.1) is 17.5 Å². The van der Waals surface area contributed by atoms with Crippen LogP contribution in [-0.2, 0) is 4.74 Å². The van der Waals surface area contributed by atoms with Crippen LogP contribution in [0.3, 0.4) is 0 Å². The summed E-state index contributed by atoms with van der Waals surface area (Å²) in [6, 6.07) is 9.32. The van der Waals surface area contributed by atoms with Crippen LogP contribution in [0.15, 0.2) is 24.3 Å². The van der Waals surface area contributed by atoms with Crippen molar-refractivity contribution in [3.8, 4) is 0 Å². The first kappa shape index (κ1) is 14.7. The van der Waals surface area contributed by atoms with E-state index in [0.717, 1.165) is 19.4 Å². The maximum absolute atomic E-state index is 5.89. The molecule has 3 heteroatoms. The quantitative estimate of drug-likeness (QED) is 0.909. The van der Waals surface area contributed by atoms with Crippen LogP contribution in [0.1, 0.15) is 39.5 Å². The molecule has 0 spiro atoms. The minimum absolute atomic E-state index is 0.398. The van der Waals surface area contributed by atoms with Gasteiger partial charge in [0.1, 0.15) is 0 Å². The third-order valence-electron chi connectivity index (χ3n) is 4.77. The van der Waals surface area contributed by atoms with Crippen LogP contribution in [0, 0.1) is 5.92 Å². The van der Waals surface area contributed by atoms with E-state index in [0.29, 0.717) is 18.1 Å². The van der Waals surface area contributed by atoms with Crippen molar-refractivity contribution in [1.29, 1.82) is 0 Å². The Bertz CT molecular complexity index is 454. The number of benzene rings is 1. The monoisotopic (exact) mass is 288 g/mol. The van der Waals surface area contributed by atoms with E-state index in [2.05, 4.69) is 48.3 Å². The molecule has 1 N–H and O–H groups in total. The Labute approximate surface area is 128 Å².